The zero-order valence-corrected chi connectivity index (χ0v) is 13.5. The van der Waals surface area contributed by atoms with Crippen LogP contribution < -0.4 is 0 Å². The van der Waals surface area contributed by atoms with E-state index in [1.807, 2.05) is 32.4 Å². The third-order valence-electron chi connectivity index (χ3n) is 3.13. The quantitative estimate of drug-likeness (QED) is 0.786. The van der Waals surface area contributed by atoms with Crippen LogP contribution in [0.1, 0.15) is 25.6 Å². The van der Waals surface area contributed by atoms with Crippen LogP contribution in [0.3, 0.4) is 0 Å². The van der Waals surface area contributed by atoms with E-state index in [1.165, 1.54) is 11.8 Å². The van der Waals surface area contributed by atoms with Crippen LogP contribution in [0.4, 0.5) is 0 Å². The van der Waals surface area contributed by atoms with Gasteiger partial charge < -0.3 is 9.84 Å². The van der Waals surface area contributed by atoms with E-state index >= 15 is 0 Å². The number of thioether (sulfide) groups is 1. The van der Waals surface area contributed by atoms with Crippen LogP contribution in [-0.4, -0.2) is 49.4 Å². The van der Waals surface area contributed by atoms with Gasteiger partial charge in [0, 0.05) is 13.7 Å². The lowest BCUT2D eigenvalue weighted by Crippen LogP contribution is -2.15. The molecule has 2 heterocycles. The second-order valence-electron chi connectivity index (χ2n) is 4.84. The molecule has 0 radical (unpaired) electrons. The topological polar surface area (TPSA) is 82.2 Å². The third kappa shape index (κ3) is 3.21. The predicted molar refractivity (Wildman–Crippen MR) is 80.8 cm³/mol. The molecule has 0 saturated heterocycles. The van der Waals surface area contributed by atoms with Crippen molar-refractivity contribution in [3.8, 4) is 0 Å². The Balaban J connectivity index is 2.45. The predicted octanol–water partition coefficient (Wildman–Crippen LogP) is 1.85. The number of rotatable bonds is 7. The molecule has 2 aromatic rings. The first-order valence-electron chi connectivity index (χ1n) is 6.79. The van der Waals surface area contributed by atoms with Crippen LogP contribution in [0.5, 0.6) is 0 Å². The number of carboxylic acids is 1. The number of hydrogen-bond donors (Lipinski definition) is 1. The summed E-state index contributed by atoms with van der Waals surface area (Å²) in [6.07, 6.45) is 0. The van der Waals surface area contributed by atoms with Gasteiger partial charge in [0.05, 0.1) is 24.1 Å². The van der Waals surface area contributed by atoms with Gasteiger partial charge in [0.15, 0.2) is 10.8 Å². The highest BCUT2D eigenvalue weighted by atomic mass is 32.2. The Kier molecular flexibility index (Phi) is 4.89. The summed E-state index contributed by atoms with van der Waals surface area (Å²) in [4.78, 5) is 15.4. The molecule has 21 heavy (non-hydrogen) atoms. The van der Waals surface area contributed by atoms with Gasteiger partial charge >= 0.3 is 5.97 Å². The Morgan fingerprint density at radius 1 is 1.52 bits per heavy atom. The van der Waals surface area contributed by atoms with Crippen LogP contribution in [0, 0.1) is 6.92 Å². The summed E-state index contributed by atoms with van der Waals surface area (Å²) in [5, 5.41) is 13.9. The molecule has 0 aliphatic carbocycles. The van der Waals surface area contributed by atoms with Gasteiger partial charge in [-0.3, -0.25) is 14.0 Å². The van der Waals surface area contributed by atoms with Gasteiger partial charge in [-0.15, -0.1) is 0 Å². The highest BCUT2D eigenvalue weighted by Crippen LogP contribution is 2.29. The lowest BCUT2D eigenvalue weighted by molar-refractivity contribution is -0.133. The van der Waals surface area contributed by atoms with Crippen LogP contribution in [-0.2, 0) is 16.6 Å². The van der Waals surface area contributed by atoms with Gasteiger partial charge in [0.2, 0.25) is 0 Å². The molecule has 8 heteroatoms. The van der Waals surface area contributed by atoms with E-state index in [-0.39, 0.29) is 11.8 Å². The molecule has 1 N–H and O–H groups in total. The molecule has 0 aliphatic heterocycles. The monoisotopic (exact) mass is 312 g/mol. The number of fused-ring (bicyclic) bond motifs is 1. The SMILES string of the molecule is CCOCC(C)n1c(SCC(=O)O)nc2c(C)nn(C)c21. The summed E-state index contributed by atoms with van der Waals surface area (Å²) in [5.41, 5.74) is 2.55. The fourth-order valence-corrected chi connectivity index (χ4v) is 3.08. The average molecular weight is 312 g/mol. The van der Waals surface area contributed by atoms with Crippen LogP contribution in [0.25, 0.3) is 11.2 Å². The summed E-state index contributed by atoms with van der Waals surface area (Å²) >= 11 is 1.22. The number of aromatic nitrogens is 4. The Hall–Kier alpha value is -1.54. The summed E-state index contributed by atoms with van der Waals surface area (Å²) in [6, 6.07) is 0.0565. The average Bonchev–Trinajstić information content (AvgIpc) is 2.93. The highest BCUT2D eigenvalue weighted by molar-refractivity contribution is 7.99. The minimum Gasteiger partial charge on any atom is -0.481 e. The molecule has 0 bridgehead atoms. The summed E-state index contributed by atoms with van der Waals surface area (Å²) in [5.74, 6) is -0.872. The van der Waals surface area contributed by atoms with Crippen LogP contribution in [0.15, 0.2) is 5.16 Å². The maximum Gasteiger partial charge on any atom is 0.313 e. The molecule has 1 atom stereocenters. The standard InChI is InChI=1S/C13H20N4O3S/c1-5-20-6-8(2)17-12-11(9(3)15-16(12)4)14-13(17)21-7-10(18)19/h8H,5-7H2,1-4H3,(H,18,19). The van der Waals surface area contributed by atoms with Crippen molar-refractivity contribution in [2.75, 3.05) is 19.0 Å². The number of ether oxygens (including phenoxy) is 1. The Morgan fingerprint density at radius 2 is 2.24 bits per heavy atom. The minimum atomic E-state index is -0.856. The maximum absolute atomic E-state index is 10.8. The zero-order valence-electron chi connectivity index (χ0n) is 12.7. The van der Waals surface area contributed by atoms with Crippen LogP contribution in [0.2, 0.25) is 0 Å². The number of carboxylic acid groups (broad SMARTS) is 1. The smallest absolute Gasteiger partial charge is 0.313 e. The normalized spacial score (nSPS) is 13.0. The third-order valence-corrected chi connectivity index (χ3v) is 4.07. The van der Waals surface area contributed by atoms with E-state index in [9.17, 15) is 4.79 Å². The molecule has 0 aromatic carbocycles. The Bertz CT molecular complexity index is 649. The summed E-state index contributed by atoms with van der Waals surface area (Å²) in [6.45, 7) is 7.07. The molecule has 0 spiro atoms. The van der Waals surface area contributed by atoms with Crippen molar-refractivity contribution < 1.29 is 14.6 Å². The lowest BCUT2D eigenvalue weighted by Gasteiger charge is -2.17. The zero-order chi connectivity index (χ0) is 15.6. The fourth-order valence-electron chi connectivity index (χ4n) is 2.26. The molecule has 0 amide bonds. The second kappa shape index (κ2) is 6.48. The number of imidazole rings is 1. The number of carbonyl (C=O) groups is 1. The van der Waals surface area contributed by atoms with Gasteiger partial charge in [0.25, 0.3) is 0 Å². The fraction of sp³-hybridized carbons (Fsp3) is 0.615. The van der Waals surface area contributed by atoms with Crippen molar-refractivity contribution in [1.82, 2.24) is 19.3 Å². The largest absolute Gasteiger partial charge is 0.481 e. The molecule has 2 aromatic heterocycles. The lowest BCUT2D eigenvalue weighted by atomic mass is 10.3. The van der Waals surface area contributed by atoms with Crippen molar-refractivity contribution in [2.45, 2.75) is 32.0 Å². The molecular weight excluding hydrogens is 292 g/mol. The minimum absolute atomic E-state index is 0.0167. The first-order valence-corrected chi connectivity index (χ1v) is 7.78. The van der Waals surface area contributed by atoms with E-state index < -0.39 is 5.97 Å². The summed E-state index contributed by atoms with van der Waals surface area (Å²) < 4.78 is 9.29. The molecule has 0 fully saturated rings. The molecular formula is C13H20N4O3S. The number of aliphatic carboxylic acids is 1. The highest BCUT2D eigenvalue weighted by Gasteiger charge is 2.22. The first kappa shape index (κ1) is 15.8. The van der Waals surface area contributed by atoms with Crippen molar-refractivity contribution in [3.05, 3.63) is 5.69 Å². The number of aryl methyl sites for hydroxylation is 2. The van der Waals surface area contributed by atoms with E-state index in [0.29, 0.717) is 18.4 Å². The van der Waals surface area contributed by atoms with Gasteiger partial charge in [-0.2, -0.15) is 5.10 Å². The first-order chi connectivity index (χ1) is 9.95. The molecule has 1 unspecified atom stereocenters. The van der Waals surface area contributed by atoms with Crippen LogP contribution >= 0.6 is 11.8 Å². The van der Waals surface area contributed by atoms with E-state index in [2.05, 4.69) is 10.1 Å². The van der Waals surface area contributed by atoms with E-state index in [0.717, 1.165) is 16.9 Å². The van der Waals surface area contributed by atoms with Gasteiger partial charge in [-0.25, -0.2) is 4.98 Å². The van der Waals surface area contributed by atoms with Crippen molar-refractivity contribution >= 4 is 28.9 Å². The molecule has 0 aliphatic rings. The van der Waals surface area contributed by atoms with Gasteiger partial charge in [-0.05, 0) is 20.8 Å². The maximum atomic E-state index is 10.8. The number of nitrogens with zero attached hydrogens (tertiary/aromatic N) is 4. The Labute approximate surface area is 127 Å². The molecule has 2 rings (SSSR count). The second-order valence-corrected chi connectivity index (χ2v) is 5.78. The molecule has 116 valence electrons. The Morgan fingerprint density at radius 3 is 2.86 bits per heavy atom. The van der Waals surface area contributed by atoms with Gasteiger partial charge in [0.1, 0.15) is 5.52 Å². The number of hydrogen-bond acceptors (Lipinski definition) is 5. The summed E-state index contributed by atoms with van der Waals surface area (Å²) in [7, 11) is 1.87. The van der Waals surface area contributed by atoms with E-state index in [1.54, 1.807) is 4.68 Å². The van der Waals surface area contributed by atoms with Gasteiger partial charge in [-0.1, -0.05) is 11.8 Å². The van der Waals surface area contributed by atoms with E-state index in [4.69, 9.17) is 9.84 Å². The molecule has 7 nitrogen and oxygen atoms in total. The molecule has 0 saturated carbocycles. The van der Waals surface area contributed by atoms with Crippen molar-refractivity contribution in [1.29, 1.82) is 0 Å². The van der Waals surface area contributed by atoms with Crippen molar-refractivity contribution in [3.63, 3.8) is 0 Å². The van der Waals surface area contributed by atoms with Crippen molar-refractivity contribution in [2.24, 2.45) is 7.05 Å².